The molecular weight excluding hydrogens is 354 g/mol. The van der Waals surface area contributed by atoms with Crippen molar-refractivity contribution in [1.82, 2.24) is 15.0 Å². The summed E-state index contributed by atoms with van der Waals surface area (Å²) in [5.74, 6) is 2.47. The number of amides is 1. The molecule has 2 aromatic rings. The molecule has 1 amide bonds. The molecule has 6 heteroatoms. The van der Waals surface area contributed by atoms with E-state index in [0.29, 0.717) is 25.0 Å². The predicted octanol–water partition coefficient (Wildman–Crippen LogP) is 3.18. The first-order valence-corrected chi connectivity index (χ1v) is 10.2. The second-order valence-electron chi connectivity index (χ2n) is 8.05. The number of rotatable bonds is 6. The number of ether oxygens (including phenoxy) is 1. The van der Waals surface area contributed by atoms with Crippen LogP contribution < -0.4 is 4.74 Å². The first kappa shape index (κ1) is 19.0. The zero-order chi connectivity index (χ0) is 19.5. The number of para-hydroxylation sites is 1. The summed E-state index contributed by atoms with van der Waals surface area (Å²) in [6, 6.07) is 9.98. The fraction of sp³-hybridized carbons (Fsp3) is 0.545. The van der Waals surface area contributed by atoms with E-state index in [4.69, 9.17) is 9.26 Å². The Morgan fingerprint density at radius 1 is 1.18 bits per heavy atom. The molecule has 0 N–H and O–H groups in total. The van der Waals surface area contributed by atoms with Crippen molar-refractivity contribution >= 4 is 5.91 Å². The highest BCUT2D eigenvalue weighted by molar-refractivity contribution is 5.77. The van der Waals surface area contributed by atoms with Gasteiger partial charge in [0.1, 0.15) is 11.5 Å². The molecule has 4 heterocycles. The molecule has 0 aliphatic carbocycles. The van der Waals surface area contributed by atoms with E-state index in [-0.39, 0.29) is 5.91 Å². The number of aryl methyl sites for hydroxylation is 2. The molecule has 5 rings (SSSR count). The average molecular weight is 383 g/mol. The molecule has 3 aliphatic heterocycles. The largest absolute Gasteiger partial charge is 0.493 e. The Morgan fingerprint density at radius 3 is 2.75 bits per heavy atom. The van der Waals surface area contributed by atoms with Crippen LogP contribution in [0.4, 0.5) is 0 Å². The maximum Gasteiger partial charge on any atom is 0.226 e. The molecule has 1 aromatic heterocycles. The maximum absolute atomic E-state index is 12.9. The Bertz CT molecular complexity index is 785. The Labute approximate surface area is 166 Å². The average Bonchev–Trinajstić information content (AvgIpc) is 2.88. The number of carbonyl (C=O) groups excluding carboxylic acids is 1. The highest BCUT2D eigenvalue weighted by Gasteiger charge is 2.37. The number of nitrogens with zero attached hydrogens (tertiary/aromatic N) is 3. The van der Waals surface area contributed by atoms with Crippen molar-refractivity contribution in [2.45, 2.75) is 45.7 Å². The van der Waals surface area contributed by atoms with Crippen LogP contribution in [0.25, 0.3) is 0 Å². The Balaban J connectivity index is 1.34. The molecule has 2 atom stereocenters. The van der Waals surface area contributed by atoms with Crippen molar-refractivity contribution in [2.24, 2.45) is 5.92 Å². The van der Waals surface area contributed by atoms with Gasteiger partial charge in [-0.25, -0.2) is 0 Å². The minimum atomic E-state index is 0.213. The van der Waals surface area contributed by atoms with Crippen LogP contribution in [0, 0.1) is 19.8 Å². The zero-order valence-corrected chi connectivity index (χ0v) is 16.8. The highest BCUT2D eigenvalue weighted by atomic mass is 16.5. The monoisotopic (exact) mass is 383 g/mol. The minimum Gasteiger partial charge on any atom is -0.493 e. The van der Waals surface area contributed by atoms with Crippen LogP contribution in [0.3, 0.4) is 0 Å². The topological polar surface area (TPSA) is 58.8 Å². The molecule has 0 spiro atoms. The summed E-state index contributed by atoms with van der Waals surface area (Å²) < 4.78 is 11.0. The number of aromatic nitrogens is 1. The smallest absolute Gasteiger partial charge is 0.226 e. The van der Waals surface area contributed by atoms with Gasteiger partial charge in [-0.2, -0.15) is 0 Å². The first-order chi connectivity index (χ1) is 13.6. The lowest BCUT2D eigenvalue weighted by Gasteiger charge is -2.36. The lowest BCUT2D eigenvalue weighted by molar-refractivity contribution is -0.135. The van der Waals surface area contributed by atoms with E-state index in [2.05, 4.69) is 15.0 Å². The van der Waals surface area contributed by atoms with Crippen LogP contribution in [-0.2, 0) is 11.3 Å². The molecule has 0 saturated carbocycles. The van der Waals surface area contributed by atoms with Crippen molar-refractivity contribution in [1.29, 1.82) is 0 Å². The van der Waals surface area contributed by atoms with Gasteiger partial charge in [0.25, 0.3) is 0 Å². The van der Waals surface area contributed by atoms with E-state index >= 15 is 0 Å². The van der Waals surface area contributed by atoms with Gasteiger partial charge >= 0.3 is 0 Å². The van der Waals surface area contributed by atoms with Crippen LogP contribution in [0.2, 0.25) is 0 Å². The molecular formula is C22H29N3O3. The summed E-state index contributed by atoms with van der Waals surface area (Å²) in [7, 11) is 0. The van der Waals surface area contributed by atoms with E-state index < -0.39 is 0 Å². The van der Waals surface area contributed by atoms with Crippen LogP contribution in [0.5, 0.6) is 5.75 Å². The number of hydrogen-bond donors (Lipinski definition) is 0. The second kappa shape index (κ2) is 8.35. The third kappa shape index (κ3) is 4.22. The van der Waals surface area contributed by atoms with Gasteiger partial charge in [0.15, 0.2) is 0 Å². The van der Waals surface area contributed by atoms with Crippen LogP contribution in [-0.4, -0.2) is 53.1 Å². The van der Waals surface area contributed by atoms with Crippen molar-refractivity contribution in [3.8, 4) is 5.75 Å². The number of carbonyl (C=O) groups is 1. The molecule has 2 bridgehead atoms. The van der Waals surface area contributed by atoms with Gasteiger partial charge in [-0.3, -0.25) is 9.69 Å². The number of piperidine rings is 1. The molecule has 3 aliphatic rings. The number of fused-ring (bicyclic) bond motifs is 4. The predicted molar refractivity (Wildman–Crippen MR) is 106 cm³/mol. The molecule has 1 aromatic carbocycles. The van der Waals surface area contributed by atoms with E-state index in [1.165, 1.54) is 12.0 Å². The normalized spacial score (nSPS) is 22.3. The Morgan fingerprint density at radius 2 is 2.00 bits per heavy atom. The van der Waals surface area contributed by atoms with Crippen LogP contribution in [0.1, 0.15) is 36.3 Å². The van der Waals surface area contributed by atoms with Gasteiger partial charge in [-0.15, -0.1) is 0 Å². The lowest BCUT2D eigenvalue weighted by atomic mass is 9.95. The van der Waals surface area contributed by atoms with Gasteiger partial charge < -0.3 is 14.2 Å². The summed E-state index contributed by atoms with van der Waals surface area (Å²) in [4.78, 5) is 17.4. The van der Waals surface area contributed by atoms with Crippen molar-refractivity contribution < 1.29 is 14.1 Å². The molecule has 0 radical (unpaired) electrons. The fourth-order valence-corrected chi connectivity index (χ4v) is 4.48. The SMILES string of the molecule is Cc1noc(C)c1CN1C[C@@H]2CC[C@H](C1)N(C(=O)CCOc1ccccc1)C2. The molecule has 3 saturated heterocycles. The number of benzene rings is 1. The zero-order valence-electron chi connectivity index (χ0n) is 16.8. The quantitative estimate of drug-likeness (QED) is 0.767. The standard InChI is InChI=1S/C22H29N3O3/c1-16-21(17(2)28-23-16)15-24-12-18-8-9-19(14-24)25(13-18)22(26)10-11-27-20-6-4-3-5-7-20/h3-7,18-19H,8-15H2,1-2H3/t18-,19+/m0/s1. The van der Waals surface area contributed by atoms with Crippen molar-refractivity contribution in [3.05, 3.63) is 47.3 Å². The molecule has 150 valence electrons. The van der Waals surface area contributed by atoms with Crippen molar-refractivity contribution in [2.75, 3.05) is 26.2 Å². The van der Waals surface area contributed by atoms with Gasteiger partial charge in [0, 0.05) is 37.8 Å². The first-order valence-electron chi connectivity index (χ1n) is 10.2. The third-order valence-electron chi connectivity index (χ3n) is 6.00. The third-order valence-corrected chi connectivity index (χ3v) is 6.00. The summed E-state index contributed by atoms with van der Waals surface area (Å²) in [5.41, 5.74) is 2.16. The summed E-state index contributed by atoms with van der Waals surface area (Å²) in [6.07, 6.45) is 2.73. The van der Waals surface area contributed by atoms with E-state index in [0.717, 1.165) is 49.8 Å². The Kier molecular flexibility index (Phi) is 5.67. The number of hydrogen-bond acceptors (Lipinski definition) is 5. The van der Waals surface area contributed by atoms with Gasteiger partial charge in [-0.1, -0.05) is 23.4 Å². The highest BCUT2D eigenvalue weighted by Crippen LogP contribution is 2.30. The fourth-order valence-electron chi connectivity index (χ4n) is 4.48. The second-order valence-corrected chi connectivity index (χ2v) is 8.05. The molecule has 0 unspecified atom stereocenters. The summed E-state index contributed by atoms with van der Waals surface area (Å²) in [6.45, 7) is 8.08. The van der Waals surface area contributed by atoms with Gasteiger partial charge in [0.05, 0.1) is 18.7 Å². The Hall–Kier alpha value is -2.34. The van der Waals surface area contributed by atoms with E-state index in [1.807, 2.05) is 44.2 Å². The minimum absolute atomic E-state index is 0.213. The van der Waals surface area contributed by atoms with E-state index in [1.54, 1.807) is 0 Å². The molecule has 6 nitrogen and oxygen atoms in total. The van der Waals surface area contributed by atoms with Gasteiger partial charge in [-0.05, 0) is 44.7 Å². The van der Waals surface area contributed by atoms with Gasteiger partial charge in [0.2, 0.25) is 5.91 Å². The van der Waals surface area contributed by atoms with E-state index in [9.17, 15) is 4.79 Å². The molecule has 3 fully saturated rings. The lowest BCUT2D eigenvalue weighted by Crippen LogP contribution is -2.47. The molecule has 28 heavy (non-hydrogen) atoms. The summed E-state index contributed by atoms with van der Waals surface area (Å²) in [5, 5.41) is 4.08. The van der Waals surface area contributed by atoms with Crippen LogP contribution >= 0.6 is 0 Å². The van der Waals surface area contributed by atoms with Crippen molar-refractivity contribution in [3.63, 3.8) is 0 Å². The summed E-state index contributed by atoms with van der Waals surface area (Å²) >= 11 is 0. The van der Waals surface area contributed by atoms with Crippen LogP contribution in [0.15, 0.2) is 34.9 Å². The maximum atomic E-state index is 12.9.